The molecule has 0 unspecified atom stereocenters. The van der Waals surface area contributed by atoms with Crippen LogP contribution in [0.2, 0.25) is 0 Å². The predicted octanol–water partition coefficient (Wildman–Crippen LogP) is 8.00. The molecule has 2 aliphatic carbocycles. The number of hydrogen-bond donors (Lipinski definition) is 4. The molecule has 75 heavy (non-hydrogen) atoms. The first kappa shape index (κ1) is 49.7. The average molecular weight is 1050 g/mol. The van der Waals surface area contributed by atoms with E-state index in [2.05, 4.69) is 61.8 Å². The van der Waals surface area contributed by atoms with Crippen molar-refractivity contribution in [3.05, 3.63) is 94.2 Å². The third-order valence-corrected chi connectivity index (χ3v) is 18.4. The average Bonchev–Trinajstić information content (AvgIpc) is 3.87. The summed E-state index contributed by atoms with van der Waals surface area (Å²) < 4.78 is 62.0. The molecule has 398 valence electrons. The fraction of sp³-hybridized carbons (Fsp3) is 0.527. The molecule has 2 saturated carbocycles. The van der Waals surface area contributed by atoms with Gasteiger partial charge in [0.05, 0.1) is 70.7 Å². The molecular weight excluding hydrogens is 981 g/mol. The Bertz CT molecular complexity index is 3100. The van der Waals surface area contributed by atoms with Crippen LogP contribution in [0, 0.1) is 21.4 Å². The number of hydrogen-bond acceptors (Lipinski definition) is 16. The molecular formula is C55H66N8O11S. The number of piperidine rings is 1. The maximum Gasteiger partial charge on any atom is 0.297 e. The molecule has 1 amide bonds. The van der Waals surface area contributed by atoms with Crippen molar-refractivity contribution in [2.75, 3.05) is 67.8 Å². The number of H-pyrrole nitrogens is 1. The molecule has 7 aliphatic rings. The van der Waals surface area contributed by atoms with E-state index in [9.17, 15) is 28.4 Å². The van der Waals surface area contributed by atoms with E-state index in [-0.39, 0.29) is 65.8 Å². The smallest absolute Gasteiger partial charge is 0.297 e. The standard InChI is InChI=1S/C55H66N8O11S/c1-33(2)73-47-7-5-4-6-39(47)46-31-71-23-21-61(46)37-28-55(29-37)16-19-60(20-17-55)36-8-9-40(43(25-36)62-42-13-22-70-32-49(42)74-53-45(62)24-35-12-18-56-51(35)58-53)52(64)59-75(68,69)38-26-44(63(66)67)50-48(27-38)72-30-41(57-50)34-10-14-54(3,65)15-11-34/h4-9,12,18,24-27,33-34,37,41-42,46,49,57,65H,10-11,13-17,19-23,28-32H2,1-3H3,(H,56,58)(H,59,64)/t34?,41-,42-,46-,49-,54?/m0/s1. The van der Waals surface area contributed by atoms with Crippen LogP contribution in [-0.4, -0.2) is 128 Å². The number of ether oxygens (including phenoxy) is 5. The second-order valence-corrected chi connectivity index (χ2v) is 24.1. The molecule has 20 heteroatoms. The summed E-state index contributed by atoms with van der Waals surface area (Å²) in [7, 11) is -4.72. The minimum Gasteiger partial charge on any atom is -0.491 e. The molecule has 1 spiro atoms. The number of nitrogens with zero attached hydrogens (tertiary/aromatic N) is 5. The Morgan fingerprint density at radius 2 is 1.73 bits per heavy atom. The van der Waals surface area contributed by atoms with Gasteiger partial charge in [-0.2, -0.15) is 4.98 Å². The zero-order valence-corrected chi connectivity index (χ0v) is 43.5. The number of aliphatic hydroxyl groups is 1. The SMILES string of the molecule is CC(C)Oc1ccccc1[C@@H]1COCCN1C1CC2(CCN(c3ccc(C(=O)NS(=O)(=O)c4cc5c(c([N+](=O)[O-])c4)N[C@H](C4CCC(C)(O)CC4)CO5)c(N4c5cc6cc[nH]c6nc5O[C@H]5COCC[C@@H]54)c3)CC2)C1. The Morgan fingerprint density at radius 1 is 0.947 bits per heavy atom. The van der Waals surface area contributed by atoms with Gasteiger partial charge >= 0.3 is 0 Å². The highest BCUT2D eigenvalue weighted by molar-refractivity contribution is 7.90. The first-order valence-electron chi connectivity index (χ1n) is 26.6. The summed E-state index contributed by atoms with van der Waals surface area (Å²) in [6, 6.07) is 19.9. The van der Waals surface area contributed by atoms with E-state index in [1.807, 2.05) is 37.3 Å². The minimum atomic E-state index is -4.72. The molecule has 0 radical (unpaired) electrons. The van der Waals surface area contributed by atoms with Crippen molar-refractivity contribution in [3.8, 4) is 17.4 Å². The van der Waals surface area contributed by atoms with Crippen LogP contribution in [0.25, 0.3) is 11.0 Å². The van der Waals surface area contributed by atoms with Crippen molar-refractivity contribution < 1.29 is 46.9 Å². The number of nitro groups is 1. The lowest BCUT2D eigenvalue weighted by Gasteiger charge is -2.57. The highest BCUT2D eigenvalue weighted by Gasteiger charge is 2.50. The van der Waals surface area contributed by atoms with Crippen molar-refractivity contribution >= 4 is 55.4 Å². The number of para-hydroxylation sites is 1. The number of aromatic nitrogens is 2. The highest BCUT2D eigenvalue weighted by Crippen LogP contribution is 2.54. The molecule has 4 N–H and O–H groups in total. The second-order valence-electron chi connectivity index (χ2n) is 22.4. The monoisotopic (exact) mass is 1050 g/mol. The van der Waals surface area contributed by atoms with Gasteiger partial charge in [0, 0.05) is 67.2 Å². The van der Waals surface area contributed by atoms with Gasteiger partial charge in [0.15, 0.2) is 11.4 Å². The number of amides is 1. The molecule has 5 aromatic rings. The predicted molar refractivity (Wildman–Crippen MR) is 281 cm³/mol. The quantitative estimate of drug-likeness (QED) is 0.0727. The molecule has 19 nitrogen and oxygen atoms in total. The number of morpholine rings is 1. The maximum atomic E-state index is 14.9. The number of rotatable bonds is 11. The largest absolute Gasteiger partial charge is 0.491 e. The molecule has 0 bridgehead atoms. The van der Waals surface area contributed by atoms with Gasteiger partial charge in [-0.05, 0) is 126 Å². The van der Waals surface area contributed by atoms with Gasteiger partial charge in [-0.25, -0.2) is 13.1 Å². The Kier molecular flexibility index (Phi) is 12.9. The van der Waals surface area contributed by atoms with Crippen molar-refractivity contribution in [1.82, 2.24) is 19.6 Å². The van der Waals surface area contributed by atoms with Crippen LogP contribution in [-0.2, 0) is 19.5 Å². The highest BCUT2D eigenvalue weighted by atomic mass is 32.2. The van der Waals surface area contributed by atoms with E-state index in [4.69, 9.17) is 28.7 Å². The van der Waals surface area contributed by atoms with Crippen LogP contribution in [0.1, 0.15) is 101 Å². The van der Waals surface area contributed by atoms with E-state index >= 15 is 0 Å². The number of carbonyl (C=O) groups is 1. The Morgan fingerprint density at radius 3 is 2.52 bits per heavy atom. The second kappa shape index (κ2) is 19.4. The van der Waals surface area contributed by atoms with Gasteiger partial charge in [-0.15, -0.1) is 0 Å². The third kappa shape index (κ3) is 9.50. The molecule has 12 rings (SSSR count). The number of anilines is 4. The van der Waals surface area contributed by atoms with Crippen molar-refractivity contribution in [2.45, 2.75) is 125 Å². The molecule has 3 aromatic carbocycles. The van der Waals surface area contributed by atoms with Gasteiger partial charge < -0.3 is 48.9 Å². The normalized spacial score (nSPS) is 26.8. The van der Waals surface area contributed by atoms with Crippen molar-refractivity contribution in [1.29, 1.82) is 0 Å². The Balaban J connectivity index is 0.826. The molecule has 4 atom stereocenters. The molecule has 3 saturated heterocycles. The lowest BCUT2D eigenvalue weighted by Crippen LogP contribution is -2.57. The van der Waals surface area contributed by atoms with Crippen molar-refractivity contribution in [2.24, 2.45) is 11.3 Å². The van der Waals surface area contributed by atoms with Crippen LogP contribution < -0.4 is 34.0 Å². The van der Waals surface area contributed by atoms with Gasteiger partial charge in [0.2, 0.25) is 5.88 Å². The van der Waals surface area contributed by atoms with E-state index in [1.54, 1.807) is 12.3 Å². The topological polar surface area (TPSA) is 223 Å². The zero-order chi connectivity index (χ0) is 51.8. The fourth-order valence-electron chi connectivity index (χ4n) is 13.0. The lowest BCUT2D eigenvalue weighted by atomic mass is 9.59. The number of nitrogens with one attached hydrogen (secondary N) is 3. The summed E-state index contributed by atoms with van der Waals surface area (Å²) in [6.07, 6.45) is 8.76. The van der Waals surface area contributed by atoms with Crippen LogP contribution in [0.3, 0.4) is 0 Å². The number of pyridine rings is 1. The Hall–Kier alpha value is -6.19. The summed E-state index contributed by atoms with van der Waals surface area (Å²) in [5, 5.41) is 27.2. The summed E-state index contributed by atoms with van der Waals surface area (Å²) in [5.74, 6) is 0.457. The first-order chi connectivity index (χ1) is 36.1. The zero-order valence-electron chi connectivity index (χ0n) is 42.7. The number of nitro benzene ring substituents is 1. The number of aromatic amines is 1. The molecule has 7 heterocycles. The van der Waals surface area contributed by atoms with E-state index < -0.39 is 43.1 Å². The Labute approximate surface area is 436 Å². The van der Waals surface area contributed by atoms with Crippen molar-refractivity contribution in [3.63, 3.8) is 0 Å². The third-order valence-electron chi connectivity index (χ3n) is 17.1. The summed E-state index contributed by atoms with van der Waals surface area (Å²) in [5.41, 5.74) is 2.93. The maximum absolute atomic E-state index is 14.9. The number of fused-ring (bicyclic) bond motifs is 4. The van der Waals surface area contributed by atoms with Crippen LogP contribution in [0.5, 0.6) is 17.4 Å². The van der Waals surface area contributed by atoms with Crippen LogP contribution >= 0.6 is 0 Å². The summed E-state index contributed by atoms with van der Waals surface area (Å²) >= 11 is 0. The number of carbonyl (C=O) groups excluding carboxylic acids is 1. The summed E-state index contributed by atoms with van der Waals surface area (Å²) in [6.45, 7) is 10.6. The lowest BCUT2D eigenvalue weighted by molar-refractivity contribution is -0.384. The molecule has 5 fully saturated rings. The molecule has 2 aromatic heterocycles. The first-order valence-corrected chi connectivity index (χ1v) is 28.1. The van der Waals surface area contributed by atoms with Gasteiger partial charge in [0.1, 0.15) is 29.8 Å². The van der Waals surface area contributed by atoms with Gasteiger partial charge in [0.25, 0.3) is 21.6 Å². The molecule has 5 aliphatic heterocycles. The fourth-order valence-corrected chi connectivity index (χ4v) is 14.0. The van der Waals surface area contributed by atoms with E-state index in [1.165, 1.54) is 11.6 Å². The number of benzene rings is 3. The van der Waals surface area contributed by atoms with Crippen LogP contribution in [0.15, 0.2) is 77.8 Å². The van der Waals surface area contributed by atoms with E-state index in [0.29, 0.717) is 80.9 Å². The minimum absolute atomic E-state index is 0.00387. The van der Waals surface area contributed by atoms with Gasteiger partial charge in [-0.1, -0.05) is 18.2 Å². The van der Waals surface area contributed by atoms with E-state index in [0.717, 1.165) is 68.2 Å². The van der Waals surface area contributed by atoms with Gasteiger partial charge in [-0.3, -0.25) is 19.8 Å². The number of sulfonamides is 1. The summed E-state index contributed by atoms with van der Waals surface area (Å²) in [4.78, 5) is 41.4. The van der Waals surface area contributed by atoms with Crippen LogP contribution in [0.4, 0.5) is 28.4 Å².